The standard InChI is InChI=1S/C9H4Cl3F3O/c10-3-7(16)4-1-5(9(13,14)15)8(12)6(11)2-4/h1-2H,3H2. The Balaban J connectivity index is 3.39. The van der Waals surface area contributed by atoms with E-state index in [1.54, 1.807) is 0 Å². The van der Waals surface area contributed by atoms with E-state index >= 15 is 0 Å². The third-order valence-corrected chi connectivity index (χ3v) is 2.82. The summed E-state index contributed by atoms with van der Waals surface area (Å²) >= 11 is 16.1. The van der Waals surface area contributed by atoms with Gasteiger partial charge in [-0.15, -0.1) is 11.6 Å². The summed E-state index contributed by atoms with van der Waals surface area (Å²) in [6, 6.07) is 1.70. The molecule has 0 radical (unpaired) electrons. The van der Waals surface area contributed by atoms with Gasteiger partial charge in [0.2, 0.25) is 0 Å². The van der Waals surface area contributed by atoms with Gasteiger partial charge in [-0.1, -0.05) is 23.2 Å². The van der Waals surface area contributed by atoms with Gasteiger partial charge in [-0.3, -0.25) is 4.79 Å². The molecule has 0 saturated carbocycles. The molecular formula is C9H4Cl3F3O. The summed E-state index contributed by atoms with van der Waals surface area (Å²) in [6.07, 6.45) is -4.66. The third-order valence-electron chi connectivity index (χ3n) is 1.78. The van der Waals surface area contributed by atoms with Crippen molar-refractivity contribution in [1.82, 2.24) is 0 Å². The fraction of sp³-hybridized carbons (Fsp3) is 0.222. The number of carbonyl (C=O) groups excluding carboxylic acids is 1. The largest absolute Gasteiger partial charge is 0.417 e. The predicted molar refractivity (Wildman–Crippen MR) is 56.5 cm³/mol. The van der Waals surface area contributed by atoms with Crippen LogP contribution < -0.4 is 0 Å². The summed E-state index contributed by atoms with van der Waals surface area (Å²) in [5.41, 5.74) is -1.35. The smallest absolute Gasteiger partial charge is 0.293 e. The summed E-state index contributed by atoms with van der Waals surface area (Å²) in [7, 11) is 0. The minimum atomic E-state index is -4.66. The van der Waals surface area contributed by atoms with Crippen LogP contribution in [0.1, 0.15) is 15.9 Å². The molecule has 1 rings (SSSR count). The SMILES string of the molecule is O=C(CCl)c1cc(Cl)c(Cl)c(C(F)(F)F)c1. The van der Waals surface area contributed by atoms with Crippen LogP contribution in [0.2, 0.25) is 10.0 Å². The van der Waals surface area contributed by atoms with Crippen molar-refractivity contribution in [2.75, 3.05) is 5.88 Å². The molecule has 1 nitrogen and oxygen atoms in total. The van der Waals surface area contributed by atoms with Crippen molar-refractivity contribution < 1.29 is 18.0 Å². The lowest BCUT2D eigenvalue weighted by Gasteiger charge is -2.11. The van der Waals surface area contributed by atoms with E-state index in [1.165, 1.54) is 0 Å². The van der Waals surface area contributed by atoms with E-state index in [-0.39, 0.29) is 10.6 Å². The molecular weight excluding hydrogens is 287 g/mol. The van der Waals surface area contributed by atoms with E-state index in [0.29, 0.717) is 6.07 Å². The number of rotatable bonds is 2. The van der Waals surface area contributed by atoms with Crippen molar-refractivity contribution >= 4 is 40.6 Å². The van der Waals surface area contributed by atoms with Gasteiger partial charge in [0.25, 0.3) is 0 Å². The van der Waals surface area contributed by atoms with Crippen LogP contribution in [0.15, 0.2) is 12.1 Å². The second-order valence-corrected chi connectivity index (χ2v) is 3.93. The van der Waals surface area contributed by atoms with Crippen molar-refractivity contribution in [2.45, 2.75) is 6.18 Å². The maximum absolute atomic E-state index is 12.5. The van der Waals surface area contributed by atoms with E-state index in [9.17, 15) is 18.0 Å². The fourth-order valence-corrected chi connectivity index (χ4v) is 1.62. The molecule has 1 aromatic rings. The molecule has 0 saturated heterocycles. The number of halogens is 6. The highest BCUT2D eigenvalue weighted by atomic mass is 35.5. The van der Waals surface area contributed by atoms with Crippen LogP contribution in [-0.4, -0.2) is 11.7 Å². The van der Waals surface area contributed by atoms with Gasteiger partial charge >= 0.3 is 6.18 Å². The monoisotopic (exact) mass is 290 g/mol. The lowest BCUT2D eigenvalue weighted by Crippen LogP contribution is -2.09. The van der Waals surface area contributed by atoms with Crippen LogP contribution in [-0.2, 0) is 6.18 Å². The van der Waals surface area contributed by atoms with Crippen molar-refractivity contribution in [2.24, 2.45) is 0 Å². The average molecular weight is 291 g/mol. The Bertz CT molecular complexity index is 429. The molecule has 0 aromatic heterocycles. The fourth-order valence-electron chi connectivity index (χ4n) is 1.03. The van der Waals surface area contributed by atoms with Crippen LogP contribution >= 0.6 is 34.8 Å². The number of carbonyl (C=O) groups is 1. The zero-order chi connectivity index (χ0) is 12.5. The van der Waals surface area contributed by atoms with E-state index in [0.717, 1.165) is 6.07 Å². The molecule has 0 bridgehead atoms. The van der Waals surface area contributed by atoms with E-state index in [2.05, 4.69) is 0 Å². The van der Waals surface area contributed by atoms with Crippen LogP contribution in [0.4, 0.5) is 13.2 Å². The first-order valence-corrected chi connectivity index (χ1v) is 5.22. The van der Waals surface area contributed by atoms with Crippen molar-refractivity contribution in [3.8, 4) is 0 Å². The van der Waals surface area contributed by atoms with Crippen molar-refractivity contribution in [3.05, 3.63) is 33.3 Å². The number of hydrogen-bond acceptors (Lipinski definition) is 1. The molecule has 88 valence electrons. The van der Waals surface area contributed by atoms with Crippen LogP contribution in [0.5, 0.6) is 0 Å². The van der Waals surface area contributed by atoms with E-state index in [1.807, 2.05) is 0 Å². The number of benzene rings is 1. The molecule has 0 unspecified atom stereocenters. The molecule has 0 spiro atoms. The Labute approximate surface area is 104 Å². The molecule has 0 aliphatic rings. The topological polar surface area (TPSA) is 17.1 Å². The van der Waals surface area contributed by atoms with Gasteiger partial charge in [-0.25, -0.2) is 0 Å². The molecule has 16 heavy (non-hydrogen) atoms. The molecule has 0 heterocycles. The highest BCUT2D eigenvalue weighted by molar-refractivity contribution is 6.43. The van der Waals surface area contributed by atoms with Gasteiger partial charge in [0.15, 0.2) is 5.78 Å². The summed E-state index contributed by atoms with van der Waals surface area (Å²) in [5, 5.41) is -0.953. The maximum Gasteiger partial charge on any atom is 0.417 e. The lowest BCUT2D eigenvalue weighted by atomic mass is 10.1. The molecule has 0 aliphatic heterocycles. The number of alkyl halides is 4. The molecule has 1 aromatic carbocycles. The van der Waals surface area contributed by atoms with Crippen LogP contribution in [0.25, 0.3) is 0 Å². The van der Waals surface area contributed by atoms with Gasteiger partial charge < -0.3 is 0 Å². The molecule has 0 fully saturated rings. The van der Waals surface area contributed by atoms with Gasteiger partial charge in [-0.05, 0) is 12.1 Å². The number of hydrogen-bond donors (Lipinski definition) is 0. The molecule has 7 heteroatoms. The molecule has 0 aliphatic carbocycles. The molecule has 0 N–H and O–H groups in total. The minimum Gasteiger partial charge on any atom is -0.293 e. The van der Waals surface area contributed by atoms with E-state index in [4.69, 9.17) is 34.8 Å². The van der Waals surface area contributed by atoms with Gasteiger partial charge in [0.05, 0.1) is 21.5 Å². The normalized spacial score (nSPS) is 11.6. The predicted octanol–water partition coefficient (Wildman–Crippen LogP) is 4.43. The summed E-state index contributed by atoms with van der Waals surface area (Å²) < 4.78 is 37.5. The van der Waals surface area contributed by atoms with Gasteiger partial charge in [0.1, 0.15) is 0 Å². The zero-order valence-electron chi connectivity index (χ0n) is 7.54. The Morgan fingerprint density at radius 3 is 2.25 bits per heavy atom. The Morgan fingerprint density at radius 1 is 1.25 bits per heavy atom. The summed E-state index contributed by atoms with van der Waals surface area (Å²) in [6.45, 7) is 0. The molecule has 0 amide bonds. The van der Waals surface area contributed by atoms with Crippen LogP contribution in [0.3, 0.4) is 0 Å². The van der Waals surface area contributed by atoms with E-state index < -0.39 is 28.4 Å². The van der Waals surface area contributed by atoms with Crippen LogP contribution in [0, 0.1) is 0 Å². The second-order valence-electron chi connectivity index (χ2n) is 2.87. The number of Topliss-reactive ketones (excluding diaryl/α,β-unsaturated/α-hetero) is 1. The average Bonchev–Trinajstić information content (AvgIpc) is 2.18. The summed E-state index contributed by atoms with van der Waals surface area (Å²) in [5.74, 6) is -1.07. The van der Waals surface area contributed by atoms with Gasteiger partial charge in [-0.2, -0.15) is 13.2 Å². The lowest BCUT2D eigenvalue weighted by molar-refractivity contribution is -0.137. The second kappa shape index (κ2) is 4.82. The Hall–Kier alpha value is -0.450. The first-order valence-electron chi connectivity index (χ1n) is 3.92. The highest BCUT2D eigenvalue weighted by Crippen LogP contribution is 2.39. The Morgan fingerprint density at radius 2 is 1.81 bits per heavy atom. The van der Waals surface area contributed by atoms with Crippen molar-refractivity contribution in [3.63, 3.8) is 0 Å². The third kappa shape index (κ3) is 2.81. The maximum atomic E-state index is 12.5. The minimum absolute atomic E-state index is 0.211. The molecule has 0 atom stereocenters. The van der Waals surface area contributed by atoms with Gasteiger partial charge in [0, 0.05) is 5.56 Å². The first-order chi connectivity index (χ1) is 7.27. The number of ketones is 1. The Kier molecular flexibility index (Phi) is 4.10. The van der Waals surface area contributed by atoms with Crippen molar-refractivity contribution in [1.29, 1.82) is 0 Å². The quantitative estimate of drug-likeness (QED) is 0.582. The first kappa shape index (κ1) is 13.6. The summed E-state index contributed by atoms with van der Waals surface area (Å²) in [4.78, 5) is 11.2. The highest BCUT2D eigenvalue weighted by Gasteiger charge is 2.35. The zero-order valence-corrected chi connectivity index (χ0v) is 9.81.